The Labute approximate surface area is 284 Å². The van der Waals surface area contributed by atoms with Crippen LogP contribution < -0.4 is 29.6 Å². The molecule has 0 atom stereocenters. The summed E-state index contributed by atoms with van der Waals surface area (Å²) in [5.41, 5.74) is 6.01. The number of aromatic nitrogens is 4. The highest BCUT2D eigenvalue weighted by Crippen LogP contribution is 2.35. The topological polar surface area (TPSA) is 152 Å². The molecule has 4 aromatic carbocycles. The van der Waals surface area contributed by atoms with Crippen molar-refractivity contribution < 1.29 is 28.5 Å². The van der Waals surface area contributed by atoms with Crippen molar-refractivity contribution in [3.05, 3.63) is 72.8 Å². The molecule has 0 saturated heterocycles. The smallest absolute Gasteiger partial charge is 0.234 e. The van der Waals surface area contributed by atoms with Gasteiger partial charge in [0.05, 0.1) is 73.4 Å². The predicted octanol–water partition coefficient (Wildman–Crippen LogP) is 6.60. The number of imidazole rings is 2. The van der Waals surface area contributed by atoms with Crippen molar-refractivity contribution in [1.82, 2.24) is 19.9 Å². The molecule has 246 valence electrons. The lowest BCUT2D eigenvalue weighted by Crippen LogP contribution is -2.15. The summed E-state index contributed by atoms with van der Waals surface area (Å²) < 4.78 is 21.7. The molecule has 0 aliphatic rings. The summed E-state index contributed by atoms with van der Waals surface area (Å²) in [4.78, 5) is 41.1. The molecule has 0 unspecified atom stereocenters. The maximum atomic E-state index is 12.8. The van der Waals surface area contributed by atoms with E-state index in [-0.39, 0.29) is 23.3 Å². The molecule has 0 saturated carbocycles. The second kappa shape index (κ2) is 14.6. The van der Waals surface area contributed by atoms with Crippen LogP contribution in [0.4, 0.5) is 11.4 Å². The van der Waals surface area contributed by atoms with Crippen LogP contribution in [0.2, 0.25) is 0 Å². The number of hydrogen-bond acceptors (Lipinski definition) is 10. The van der Waals surface area contributed by atoms with Crippen LogP contribution in [0, 0.1) is 0 Å². The van der Waals surface area contributed by atoms with Crippen molar-refractivity contribution in [2.45, 2.75) is 10.3 Å². The van der Waals surface area contributed by atoms with Crippen LogP contribution in [0.1, 0.15) is 0 Å². The molecule has 0 aliphatic carbocycles. The molecular weight excluding hydrogens is 653 g/mol. The third-order valence-electron chi connectivity index (χ3n) is 7.30. The number of nitrogens with zero attached hydrogens (tertiary/aromatic N) is 2. The molecule has 4 N–H and O–H groups in total. The quantitative estimate of drug-likeness (QED) is 0.0979. The molecule has 0 aliphatic heterocycles. The number of carbonyl (C=O) groups is 2. The Bertz CT molecular complexity index is 1960. The molecule has 2 heterocycles. The predicted molar refractivity (Wildman–Crippen MR) is 189 cm³/mol. The molecule has 12 nitrogen and oxygen atoms in total. The number of ether oxygens (including phenoxy) is 4. The maximum absolute atomic E-state index is 12.8. The first-order valence-electron chi connectivity index (χ1n) is 14.6. The summed E-state index contributed by atoms with van der Waals surface area (Å²) in [7, 11) is 6.31. The summed E-state index contributed by atoms with van der Waals surface area (Å²) in [6.45, 7) is 0. The number of amides is 2. The molecule has 0 fully saturated rings. The number of benzene rings is 4. The van der Waals surface area contributed by atoms with Crippen LogP contribution in [-0.2, 0) is 9.59 Å². The number of anilines is 2. The first kappa shape index (κ1) is 32.6. The Morgan fingerprint density at radius 3 is 1.44 bits per heavy atom. The van der Waals surface area contributed by atoms with Gasteiger partial charge in [0.2, 0.25) is 11.8 Å². The highest BCUT2D eigenvalue weighted by Gasteiger charge is 2.15. The van der Waals surface area contributed by atoms with Gasteiger partial charge >= 0.3 is 0 Å². The molecule has 0 radical (unpaired) electrons. The minimum absolute atomic E-state index is 0.151. The monoisotopic (exact) mass is 684 g/mol. The van der Waals surface area contributed by atoms with E-state index >= 15 is 0 Å². The highest BCUT2D eigenvalue weighted by atomic mass is 32.2. The van der Waals surface area contributed by atoms with E-state index in [2.05, 4.69) is 30.6 Å². The van der Waals surface area contributed by atoms with E-state index in [1.165, 1.54) is 23.5 Å². The SMILES string of the molecule is COc1ccc2nc(SCC(=O)Nc3ccc(-c4ccc(NC(=O)CSc5nc6ccc(OC)cc6[nH]5)c(OC)c4)cc3OC)[nH]c2c1. The van der Waals surface area contributed by atoms with Gasteiger partial charge in [-0.1, -0.05) is 35.7 Å². The number of H-pyrrole nitrogens is 2. The van der Waals surface area contributed by atoms with Gasteiger partial charge < -0.3 is 39.5 Å². The summed E-state index contributed by atoms with van der Waals surface area (Å²) >= 11 is 2.60. The second-order valence-electron chi connectivity index (χ2n) is 10.4. The van der Waals surface area contributed by atoms with E-state index in [1.54, 1.807) is 40.6 Å². The first-order chi connectivity index (χ1) is 23.3. The van der Waals surface area contributed by atoms with Gasteiger partial charge in [0.15, 0.2) is 10.3 Å². The molecule has 0 spiro atoms. The fourth-order valence-electron chi connectivity index (χ4n) is 4.91. The summed E-state index contributed by atoms with van der Waals surface area (Å²) in [6.07, 6.45) is 0. The number of hydrogen-bond donors (Lipinski definition) is 4. The minimum Gasteiger partial charge on any atom is -0.497 e. The largest absolute Gasteiger partial charge is 0.497 e. The Hall–Kier alpha value is -5.34. The standard InChI is InChI=1S/C34H32N6O6S2/c1-43-21-7-11-23-27(15-21)39-33(37-23)47-17-31(41)35-25-9-5-19(13-29(25)45-3)20-6-10-26(30(14-20)46-4)36-32(42)18-48-34-38-24-12-8-22(44-2)16-28(24)40-34/h5-16H,17-18H2,1-4H3,(H,35,41)(H,36,42)(H,37,39)(H,38,40). The Balaban J connectivity index is 1.07. The number of carbonyl (C=O) groups excluding carboxylic acids is 2. The molecule has 6 rings (SSSR count). The van der Waals surface area contributed by atoms with Gasteiger partial charge in [-0.2, -0.15) is 0 Å². The van der Waals surface area contributed by atoms with Gasteiger partial charge in [-0.15, -0.1) is 0 Å². The molecular formula is C34H32N6O6S2. The van der Waals surface area contributed by atoms with Gasteiger partial charge in [-0.3, -0.25) is 9.59 Å². The normalized spacial score (nSPS) is 11.0. The third-order valence-corrected chi connectivity index (χ3v) is 9.05. The highest BCUT2D eigenvalue weighted by molar-refractivity contribution is 8.00. The average molecular weight is 685 g/mol. The maximum Gasteiger partial charge on any atom is 0.234 e. The molecule has 2 amide bonds. The molecule has 6 aromatic rings. The van der Waals surface area contributed by atoms with Crippen LogP contribution in [-0.4, -0.2) is 71.7 Å². The lowest BCUT2D eigenvalue weighted by Gasteiger charge is -2.14. The Morgan fingerprint density at radius 2 is 1.04 bits per heavy atom. The lowest BCUT2D eigenvalue weighted by molar-refractivity contribution is -0.114. The zero-order chi connectivity index (χ0) is 33.6. The minimum atomic E-state index is -0.204. The Kier molecular flexibility index (Phi) is 9.92. The Morgan fingerprint density at radius 1 is 0.604 bits per heavy atom. The van der Waals surface area contributed by atoms with Crippen molar-refractivity contribution >= 4 is 68.8 Å². The summed E-state index contributed by atoms with van der Waals surface area (Å²) in [5, 5.41) is 7.11. The first-order valence-corrected chi connectivity index (χ1v) is 16.6. The number of thioether (sulfide) groups is 2. The third kappa shape index (κ3) is 7.45. The van der Waals surface area contributed by atoms with Crippen molar-refractivity contribution in [3.8, 4) is 34.1 Å². The van der Waals surface area contributed by atoms with Crippen LogP contribution in [0.3, 0.4) is 0 Å². The van der Waals surface area contributed by atoms with Gasteiger partial charge in [0.25, 0.3) is 0 Å². The molecule has 14 heteroatoms. The van der Waals surface area contributed by atoms with Crippen LogP contribution in [0.5, 0.6) is 23.0 Å². The van der Waals surface area contributed by atoms with E-state index in [9.17, 15) is 9.59 Å². The molecule has 0 bridgehead atoms. The molecule has 2 aromatic heterocycles. The van der Waals surface area contributed by atoms with Crippen molar-refractivity contribution in [2.75, 3.05) is 50.6 Å². The van der Waals surface area contributed by atoms with Crippen LogP contribution in [0.15, 0.2) is 83.1 Å². The summed E-state index contributed by atoms with van der Waals surface area (Å²) in [5.74, 6) is 2.35. The van der Waals surface area contributed by atoms with Gasteiger partial charge in [-0.05, 0) is 59.7 Å². The van der Waals surface area contributed by atoms with Gasteiger partial charge in [0, 0.05) is 12.1 Å². The molecule has 48 heavy (non-hydrogen) atoms. The number of methoxy groups -OCH3 is 4. The van der Waals surface area contributed by atoms with E-state index in [0.29, 0.717) is 33.2 Å². The van der Waals surface area contributed by atoms with Gasteiger partial charge in [0.1, 0.15) is 23.0 Å². The lowest BCUT2D eigenvalue weighted by atomic mass is 10.0. The number of fused-ring (bicyclic) bond motifs is 2. The summed E-state index contributed by atoms with van der Waals surface area (Å²) in [6, 6.07) is 22.1. The number of nitrogens with one attached hydrogen (secondary N) is 4. The van der Waals surface area contributed by atoms with Crippen molar-refractivity contribution in [1.29, 1.82) is 0 Å². The average Bonchev–Trinajstić information content (AvgIpc) is 3.72. The van der Waals surface area contributed by atoms with E-state index < -0.39 is 0 Å². The van der Waals surface area contributed by atoms with Crippen molar-refractivity contribution in [2.24, 2.45) is 0 Å². The zero-order valence-electron chi connectivity index (χ0n) is 26.5. The fraction of sp³-hybridized carbons (Fsp3) is 0.176. The van der Waals surface area contributed by atoms with Crippen LogP contribution in [0.25, 0.3) is 33.2 Å². The van der Waals surface area contributed by atoms with E-state index in [0.717, 1.165) is 44.7 Å². The second-order valence-corrected chi connectivity index (χ2v) is 12.3. The fourth-order valence-corrected chi connectivity index (χ4v) is 6.28. The van der Waals surface area contributed by atoms with Crippen LogP contribution >= 0.6 is 23.5 Å². The van der Waals surface area contributed by atoms with Crippen molar-refractivity contribution in [3.63, 3.8) is 0 Å². The van der Waals surface area contributed by atoms with E-state index in [4.69, 9.17) is 18.9 Å². The number of rotatable bonds is 13. The van der Waals surface area contributed by atoms with E-state index in [1.807, 2.05) is 60.7 Å². The number of aromatic amines is 2. The van der Waals surface area contributed by atoms with Gasteiger partial charge in [-0.25, -0.2) is 9.97 Å². The zero-order valence-corrected chi connectivity index (χ0v) is 28.1.